The molecule has 1 heterocycles. The summed E-state index contributed by atoms with van der Waals surface area (Å²) in [4.78, 5) is 13.0. The van der Waals surface area contributed by atoms with E-state index < -0.39 is 5.91 Å². The first-order valence-electron chi connectivity index (χ1n) is 6.43. The minimum atomic E-state index is -0.442. The number of amides is 1. The largest absolute Gasteiger partial charge is 0.504 e. The highest BCUT2D eigenvalue weighted by Crippen LogP contribution is 2.27. The van der Waals surface area contributed by atoms with E-state index >= 15 is 0 Å². The Morgan fingerprint density at radius 1 is 1.50 bits per heavy atom. The molecule has 2 N–H and O–H groups in total. The van der Waals surface area contributed by atoms with Crippen LogP contribution in [0.2, 0.25) is 0 Å². The van der Waals surface area contributed by atoms with Gasteiger partial charge in [-0.25, -0.2) is 0 Å². The zero-order valence-corrected chi connectivity index (χ0v) is 12.7. The molecule has 6 heteroatoms. The van der Waals surface area contributed by atoms with Crippen LogP contribution in [0.25, 0.3) is 6.08 Å². The summed E-state index contributed by atoms with van der Waals surface area (Å²) in [5.41, 5.74) is 0.585. The van der Waals surface area contributed by atoms with Crippen LogP contribution in [0.5, 0.6) is 11.5 Å². The van der Waals surface area contributed by atoms with E-state index in [0.29, 0.717) is 12.1 Å². The Bertz CT molecular complexity index is 730. The zero-order chi connectivity index (χ0) is 15.9. The smallest absolute Gasteiger partial charge is 0.262 e. The Balaban J connectivity index is 2.13. The Morgan fingerprint density at radius 2 is 2.32 bits per heavy atom. The second-order valence-electron chi connectivity index (χ2n) is 4.36. The summed E-state index contributed by atoms with van der Waals surface area (Å²) >= 11 is 1.53. The summed E-state index contributed by atoms with van der Waals surface area (Å²) in [5.74, 6) is -0.159. The monoisotopic (exact) mass is 314 g/mol. The summed E-state index contributed by atoms with van der Waals surface area (Å²) in [6, 6.07) is 10.3. The van der Waals surface area contributed by atoms with Crippen molar-refractivity contribution in [1.29, 1.82) is 5.26 Å². The molecule has 112 valence electrons. The minimum Gasteiger partial charge on any atom is -0.504 e. The number of ether oxygens (including phenoxy) is 1. The van der Waals surface area contributed by atoms with E-state index in [4.69, 9.17) is 10.00 Å². The third-order valence-electron chi connectivity index (χ3n) is 2.88. The molecule has 0 aliphatic carbocycles. The summed E-state index contributed by atoms with van der Waals surface area (Å²) in [6.07, 6.45) is 1.45. The first-order chi connectivity index (χ1) is 10.6. The quantitative estimate of drug-likeness (QED) is 0.656. The van der Waals surface area contributed by atoms with Crippen LogP contribution in [0.1, 0.15) is 10.4 Å². The number of nitrogens with one attached hydrogen (secondary N) is 1. The number of hydrogen-bond acceptors (Lipinski definition) is 5. The van der Waals surface area contributed by atoms with Gasteiger partial charge in [-0.15, -0.1) is 11.3 Å². The SMILES string of the molecule is COc1cc(/C=C(\C#N)C(=O)NCc2cccs2)ccc1O. The maximum absolute atomic E-state index is 12.0. The molecule has 0 saturated heterocycles. The lowest BCUT2D eigenvalue weighted by Crippen LogP contribution is -2.23. The number of rotatable bonds is 5. The van der Waals surface area contributed by atoms with Gasteiger partial charge in [-0.3, -0.25) is 4.79 Å². The van der Waals surface area contributed by atoms with Crippen molar-refractivity contribution >= 4 is 23.3 Å². The molecule has 0 fully saturated rings. The van der Waals surface area contributed by atoms with Crippen molar-refractivity contribution in [3.63, 3.8) is 0 Å². The molecular weight excluding hydrogens is 300 g/mol. The number of methoxy groups -OCH3 is 1. The number of nitriles is 1. The summed E-state index contributed by atoms with van der Waals surface area (Å²) in [6.45, 7) is 0.383. The number of phenols is 1. The van der Waals surface area contributed by atoms with Crippen LogP contribution >= 0.6 is 11.3 Å². The molecule has 1 aromatic carbocycles. The van der Waals surface area contributed by atoms with Gasteiger partial charge in [0, 0.05) is 4.88 Å². The number of nitrogens with zero attached hydrogens (tertiary/aromatic N) is 1. The number of aromatic hydroxyl groups is 1. The lowest BCUT2D eigenvalue weighted by Gasteiger charge is -2.05. The Labute approximate surface area is 132 Å². The van der Waals surface area contributed by atoms with Gasteiger partial charge in [-0.05, 0) is 35.2 Å². The van der Waals surface area contributed by atoms with Crippen molar-refractivity contribution in [3.05, 3.63) is 51.7 Å². The van der Waals surface area contributed by atoms with E-state index in [1.165, 1.54) is 30.6 Å². The van der Waals surface area contributed by atoms with Gasteiger partial charge in [-0.1, -0.05) is 12.1 Å². The Kier molecular flexibility index (Phi) is 5.17. The number of benzene rings is 1. The molecule has 1 amide bonds. The first-order valence-corrected chi connectivity index (χ1v) is 7.31. The molecular formula is C16H14N2O3S. The third kappa shape index (κ3) is 3.87. The summed E-state index contributed by atoms with van der Waals surface area (Å²) in [7, 11) is 1.43. The summed E-state index contributed by atoms with van der Waals surface area (Å²) in [5, 5.41) is 23.3. The number of phenolic OH excluding ortho intramolecular Hbond substituents is 1. The second kappa shape index (κ2) is 7.29. The van der Waals surface area contributed by atoms with Crippen LogP contribution in [0.3, 0.4) is 0 Å². The van der Waals surface area contributed by atoms with Crippen molar-refractivity contribution in [2.75, 3.05) is 7.11 Å². The summed E-state index contributed by atoms with van der Waals surface area (Å²) < 4.78 is 5.00. The van der Waals surface area contributed by atoms with E-state index in [9.17, 15) is 9.90 Å². The molecule has 0 radical (unpaired) electrons. The number of carbonyl (C=O) groups excluding carboxylic acids is 1. The molecule has 0 spiro atoms. The Hall–Kier alpha value is -2.78. The van der Waals surface area contributed by atoms with Crippen LogP contribution in [0, 0.1) is 11.3 Å². The van der Waals surface area contributed by atoms with Crippen LogP contribution in [0.4, 0.5) is 0 Å². The topological polar surface area (TPSA) is 82.3 Å². The highest BCUT2D eigenvalue weighted by atomic mass is 32.1. The van der Waals surface area contributed by atoms with Gasteiger partial charge in [0.05, 0.1) is 13.7 Å². The number of carbonyl (C=O) groups is 1. The normalized spacial score (nSPS) is 10.8. The van der Waals surface area contributed by atoms with Gasteiger partial charge in [0.15, 0.2) is 11.5 Å². The predicted octanol–water partition coefficient (Wildman–Crippen LogP) is 2.69. The standard InChI is InChI=1S/C16H14N2O3S/c1-21-15-8-11(4-5-14(15)19)7-12(9-17)16(20)18-10-13-3-2-6-22-13/h2-8,19H,10H2,1H3,(H,18,20)/b12-7+. The van der Waals surface area contributed by atoms with Gasteiger partial charge in [0.1, 0.15) is 11.6 Å². The molecule has 0 bridgehead atoms. The van der Waals surface area contributed by atoms with Gasteiger partial charge in [-0.2, -0.15) is 5.26 Å². The van der Waals surface area contributed by atoms with Crippen molar-refractivity contribution in [3.8, 4) is 17.6 Å². The average molecular weight is 314 g/mol. The van der Waals surface area contributed by atoms with Gasteiger partial charge in [0.25, 0.3) is 5.91 Å². The van der Waals surface area contributed by atoms with Crippen LogP contribution in [0.15, 0.2) is 41.3 Å². The molecule has 0 unspecified atom stereocenters. The number of thiophene rings is 1. The molecule has 5 nitrogen and oxygen atoms in total. The lowest BCUT2D eigenvalue weighted by molar-refractivity contribution is -0.117. The van der Waals surface area contributed by atoms with E-state index in [2.05, 4.69) is 5.32 Å². The maximum Gasteiger partial charge on any atom is 0.262 e. The van der Waals surface area contributed by atoms with E-state index in [-0.39, 0.29) is 17.1 Å². The van der Waals surface area contributed by atoms with Crippen LogP contribution in [-0.4, -0.2) is 18.1 Å². The molecule has 2 rings (SSSR count). The van der Waals surface area contributed by atoms with Crippen molar-refractivity contribution in [1.82, 2.24) is 5.32 Å². The van der Waals surface area contributed by atoms with Gasteiger partial charge in [0.2, 0.25) is 0 Å². The third-order valence-corrected chi connectivity index (χ3v) is 3.76. The highest BCUT2D eigenvalue weighted by molar-refractivity contribution is 7.09. The van der Waals surface area contributed by atoms with E-state index in [1.54, 1.807) is 12.1 Å². The molecule has 2 aromatic rings. The van der Waals surface area contributed by atoms with Crippen molar-refractivity contribution in [2.45, 2.75) is 6.54 Å². The molecule has 1 aromatic heterocycles. The average Bonchev–Trinajstić information content (AvgIpc) is 3.05. The Morgan fingerprint density at radius 3 is 2.95 bits per heavy atom. The second-order valence-corrected chi connectivity index (χ2v) is 5.40. The van der Waals surface area contributed by atoms with Crippen LogP contribution in [-0.2, 0) is 11.3 Å². The number of hydrogen-bond donors (Lipinski definition) is 2. The van der Waals surface area contributed by atoms with E-state index in [1.807, 2.05) is 23.6 Å². The fourth-order valence-electron chi connectivity index (χ4n) is 1.78. The highest BCUT2D eigenvalue weighted by Gasteiger charge is 2.10. The van der Waals surface area contributed by atoms with Crippen molar-refractivity contribution < 1.29 is 14.6 Å². The van der Waals surface area contributed by atoms with Crippen LogP contribution < -0.4 is 10.1 Å². The molecule has 0 aliphatic rings. The first kappa shape index (κ1) is 15.6. The molecule has 0 saturated carbocycles. The predicted molar refractivity (Wildman–Crippen MR) is 84.4 cm³/mol. The van der Waals surface area contributed by atoms with Gasteiger partial charge < -0.3 is 15.2 Å². The fourth-order valence-corrected chi connectivity index (χ4v) is 2.42. The van der Waals surface area contributed by atoms with Gasteiger partial charge >= 0.3 is 0 Å². The fraction of sp³-hybridized carbons (Fsp3) is 0.125. The maximum atomic E-state index is 12.0. The van der Waals surface area contributed by atoms with E-state index in [0.717, 1.165) is 4.88 Å². The molecule has 22 heavy (non-hydrogen) atoms. The van der Waals surface area contributed by atoms with Crippen molar-refractivity contribution in [2.24, 2.45) is 0 Å². The molecule has 0 atom stereocenters. The minimum absolute atomic E-state index is 0.000282. The molecule has 0 aliphatic heterocycles. The zero-order valence-electron chi connectivity index (χ0n) is 11.9. The lowest BCUT2D eigenvalue weighted by atomic mass is 10.1.